The average molecular weight is 345 g/mol. The lowest BCUT2D eigenvalue weighted by molar-refractivity contribution is -0.134. The predicted octanol–water partition coefficient (Wildman–Crippen LogP) is 2.74. The van der Waals surface area contributed by atoms with Gasteiger partial charge in [0.1, 0.15) is 0 Å². The zero-order valence-corrected chi connectivity index (χ0v) is 12.8. The lowest BCUT2D eigenvalue weighted by atomic mass is 10.0. The highest BCUT2D eigenvalue weighted by atomic mass is 19.2. The van der Waals surface area contributed by atoms with E-state index in [1.807, 2.05) is 0 Å². The molecular formula is C17H13F2N3O3. The highest BCUT2D eigenvalue weighted by Gasteiger charge is 2.29. The number of amides is 3. The van der Waals surface area contributed by atoms with Gasteiger partial charge in [-0.2, -0.15) is 0 Å². The molecule has 0 fully saturated rings. The van der Waals surface area contributed by atoms with Crippen LogP contribution in [0.3, 0.4) is 0 Å². The third-order valence-corrected chi connectivity index (χ3v) is 3.71. The highest BCUT2D eigenvalue weighted by molar-refractivity contribution is 6.41. The third-order valence-electron chi connectivity index (χ3n) is 3.71. The largest absolute Gasteiger partial charge is 0.331 e. The maximum Gasteiger partial charge on any atom is 0.319 e. The topological polar surface area (TPSA) is 87.3 Å². The Morgan fingerprint density at radius 1 is 1.08 bits per heavy atom. The number of Topliss-reactive ketones (excluding diaryl/α,β-unsaturated/α-hetero) is 1. The summed E-state index contributed by atoms with van der Waals surface area (Å²) in [6.45, 7) is 0. The van der Waals surface area contributed by atoms with Crippen LogP contribution in [0.4, 0.5) is 25.0 Å². The van der Waals surface area contributed by atoms with Crippen molar-refractivity contribution in [2.45, 2.75) is 12.5 Å². The van der Waals surface area contributed by atoms with Crippen molar-refractivity contribution in [2.75, 3.05) is 10.6 Å². The Morgan fingerprint density at radius 3 is 2.60 bits per heavy atom. The van der Waals surface area contributed by atoms with E-state index in [1.54, 1.807) is 24.3 Å². The SMILES string of the molecule is O=C(Nc1ccc(F)c(F)c1)NC1CC(=O)C(=O)Nc2ccccc21. The molecule has 1 heterocycles. The minimum Gasteiger partial charge on any atom is -0.331 e. The van der Waals surface area contributed by atoms with E-state index in [1.165, 1.54) is 6.07 Å². The average Bonchev–Trinajstić information content (AvgIpc) is 2.68. The van der Waals surface area contributed by atoms with Gasteiger partial charge in [-0.15, -0.1) is 0 Å². The lowest BCUT2D eigenvalue weighted by Gasteiger charge is -2.18. The summed E-state index contributed by atoms with van der Waals surface area (Å²) in [7, 11) is 0. The standard InChI is InChI=1S/C17H13F2N3O3/c18-11-6-5-9(7-12(11)19)20-17(25)22-14-8-15(23)16(24)21-13-4-2-1-3-10(13)14/h1-7,14H,8H2,(H,21,24)(H2,20,22,25). The Hall–Kier alpha value is -3.29. The molecule has 1 aliphatic heterocycles. The zero-order valence-electron chi connectivity index (χ0n) is 12.8. The van der Waals surface area contributed by atoms with Gasteiger partial charge >= 0.3 is 6.03 Å². The number of carbonyl (C=O) groups is 3. The van der Waals surface area contributed by atoms with Crippen LogP contribution < -0.4 is 16.0 Å². The molecule has 2 aromatic rings. The van der Waals surface area contributed by atoms with Crippen LogP contribution in [0.1, 0.15) is 18.0 Å². The molecule has 128 valence electrons. The lowest BCUT2D eigenvalue weighted by Crippen LogP contribution is -2.34. The van der Waals surface area contributed by atoms with Crippen LogP contribution >= 0.6 is 0 Å². The molecule has 0 saturated carbocycles. The quantitative estimate of drug-likeness (QED) is 0.732. The van der Waals surface area contributed by atoms with Gasteiger partial charge in [-0.25, -0.2) is 13.6 Å². The first-order chi connectivity index (χ1) is 11.9. The molecule has 25 heavy (non-hydrogen) atoms. The molecule has 1 atom stereocenters. The molecule has 6 nitrogen and oxygen atoms in total. The first-order valence-corrected chi connectivity index (χ1v) is 7.39. The second-order valence-electron chi connectivity index (χ2n) is 5.45. The van der Waals surface area contributed by atoms with Gasteiger partial charge in [-0.1, -0.05) is 18.2 Å². The third kappa shape index (κ3) is 3.63. The van der Waals surface area contributed by atoms with E-state index in [0.29, 0.717) is 11.3 Å². The molecule has 8 heteroatoms. The predicted molar refractivity (Wildman–Crippen MR) is 85.9 cm³/mol. The number of hydrogen-bond donors (Lipinski definition) is 3. The van der Waals surface area contributed by atoms with Crippen molar-refractivity contribution >= 4 is 29.1 Å². The molecule has 0 spiro atoms. The Bertz CT molecular complexity index is 870. The van der Waals surface area contributed by atoms with Crippen LogP contribution in [0.15, 0.2) is 42.5 Å². The summed E-state index contributed by atoms with van der Waals surface area (Å²) in [5.74, 6) is -3.55. The van der Waals surface area contributed by atoms with Crippen molar-refractivity contribution in [2.24, 2.45) is 0 Å². The molecule has 0 aromatic heterocycles. The summed E-state index contributed by atoms with van der Waals surface area (Å²) >= 11 is 0. The van der Waals surface area contributed by atoms with Crippen LogP contribution in [0.2, 0.25) is 0 Å². The summed E-state index contributed by atoms with van der Waals surface area (Å²) in [5.41, 5.74) is 1.05. The van der Waals surface area contributed by atoms with Crippen molar-refractivity contribution in [3.63, 3.8) is 0 Å². The summed E-state index contributed by atoms with van der Waals surface area (Å²) in [4.78, 5) is 35.7. The van der Waals surface area contributed by atoms with E-state index in [2.05, 4.69) is 16.0 Å². The van der Waals surface area contributed by atoms with Gasteiger partial charge in [0.15, 0.2) is 11.6 Å². The summed E-state index contributed by atoms with van der Waals surface area (Å²) < 4.78 is 26.1. The van der Waals surface area contributed by atoms with Crippen molar-refractivity contribution in [3.05, 3.63) is 59.7 Å². The molecule has 0 aliphatic carbocycles. The van der Waals surface area contributed by atoms with E-state index in [-0.39, 0.29) is 12.1 Å². The summed E-state index contributed by atoms with van der Waals surface area (Å²) in [6, 6.07) is 8.17. The minimum absolute atomic E-state index is 0.0545. The number of rotatable bonds is 2. The molecule has 3 N–H and O–H groups in total. The molecule has 2 aromatic carbocycles. The number of benzene rings is 2. The Kier molecular flexibility index (Phi) is 4.42. The number of carbonyl (C=O) groups excluding carboxylic acids is 3. The van der Waals surface area contributed by atoms with E-state index in [0.717, 1.165) is 12.1 Å². The fraction of sp³-hybridized carbons (Fsp3) is 0.118. The Labute approximate surface area is 141 Å². The zero-order chi connectivity index (χ0) is 18.0. The van der Waals surface area contributed by atoms with Gasteiger partial charge in [0.2, 0.25) is 5.78 Å². The van der Waals surface area contributed by atoms with Gasteiger partial charge in [0, 0.05) is 23.9 Å². The number of ketones is 1. The van der Waals surface area contributed by atoms with Crippen molar-refractivity contribution in [1.29, 1.82) is 0 Å². The second kappa shape index (κ2) is 6.68. The number of para-hydroxylation sites is 1. The molecular weight excluding hydrogens is 332 g/mol. The van der Waals surface area contributed by atoms with Crippen LogP contribution in [0.25, 0.3) is 0 Å². The molecule has 3 rings (SSSR count). The van der Waals surface area contributed by atoms with Crippen LogP contribution in [0.5, 0.6) is 0 Å². The van der Waals surface area contributed by atoms with Crippen molar-refractivity contribution in [3.8, 4) is 0 Å². The molecule has 1 aliphatic rings. The Morgan fingerprint density at radius 2 is 1.84 bits per heavy atom. The highest BCUT2D eigenvalue weighted by Crippen LogP contribution is 2.28. The monoisotopic (exact) mass is 345 g/mol. The minimum atomic E-state index is -1.09. The number of anilines is 2. The molecule has 3 amide bonds. The van der Waals surface area contributed by atoms with E-state index < -0.39 is 35.4 Å². The molecule has 0 saturated heterocycles. The van der Waals surface area contributed by atoms with E-state index >= 15 is 0 Å². The van der Waals surface area contributed by atoms with E-state index in [9.17, 15) is 23.2 Å². The first-order valence-electron chi connectivity index (χ1n) is 7.39. The first kappa shape index (κ1) is 16.6. The van der Waals surface area contributed by atoms with Gasteiger partial charge in [-0.05, 0) is 23.8 Å². The normalized spacial score (nSPS) is 16.5. The van der Waals surface area contributed by atoms with Crippen molar-refractivity contribution in [1.82, 2.24) is 5.32 Å². The van der Waals surface area contributed by atoms with Crippen LogP contribution in [-0.4, -0.2) is 17.7 Å². The Balaban J connectivity index is 1.78. The fourth-order valence-electron chi connectivity index (χ4n) is 2.52. The molecule has 1 unspecified atom stereocenters. The number of nitrogens with one attached hydrogen (secondary N) is 3. The van der Waals surface area contributed by atoms with Crippen LogP contribution in [0, 0.1) is 11.6 Å². The van der Waals surface area contributed by atoms with Gasteiger partial charge in [0.25, 0.3) is 5.91 Å². The van der Waals surface area contributed by atoms with Crippen LogP contribution in [-0.2, 0) is 9.59 Å². The fourth-order valence-corrected chi connectivity index (χ4v) is 2.52. The number of urea groups is 1. The van der Waals surface area contributed by atoms with Gasteiger partial charge in [0.05, 0.1) is 6.04 Å². The number of hydrogen-bond acceptors (Lipinski definition) is 3. The van der Waals surface area contributed by atoms with Gasteiger partial charge in [-0.3, -0.25) is 9.59 Å². The number of halogens is 2. The van der Waals surface area contributed by atoms with E-state index in [4.69, 9.17) is 0 Å². The van der Waals surface area contributed by atoms with Gasteiger partial charge < -0.3 is 16.0 Å². The smallest absolute Gasteiger partial charge is 0.319 e. The maximum absolute atomic E-state index is 13.2. The molecule has 0 radical (unpaired) electrons. The number of fused-ring (bicyclic) bond motifs is 1. The van der Waals surface area contributed by atoms with Crippen molar-refractivity contribution < 1.29 is 23.2 Å². The summed E-state index contributed by atoms with van der Waals surface area (Å²) in [6.07, 6.45) is -0.214. The second-order valence-corrected chi connectivity index (χ2v) is 5.45. The molecule has 0 bridgehead atoms. The maximum atomic E-state index is 13.2. The summed E-state index contributed by atoms with van der Waals surface area (Å²) in [5, 5.41) is 7.42.